The van der Waals surface area contributed by atoms with Crippen LogP contribution in [-0.4, -0.2) is 69.5 Å². The zero-order valence-corrected chi connectivity index (χ0v) is 11.9. The van der Waals surface area contributed by atoms with E-state index in [0.717, 1.165) is 26.2 Å². The highest BCUT2D eigenvalue weighted by molar-refractivity contribution is 7.87. The van der Waals surface area contributed by atoms with Gasteiger partial charge >= 0.3 is 0 Å². The van der Waals surface area contributed by atoms with E-state index in [1.807, 2.05) is 0 Å². The normalized spacial score (nSPS) is 25.4. The van der Waals surface area contributed by atoms with E-state index in [4.69, 9.17) is 0 Å². The quantitative estimate of drug-likeness (QED) is 0.691. The first kappa shape index (κ1) is 14.2. The lowest BCUT2D eigenvalue weighted by atomic mass is 10.3. The largest absolute Gasteiger partial charge is 0.314 e. The third-order valence-electron chi connectivity index (χ3n) is 3.74. The van der Waals surface area contributed by atoms with Gasteiger partial charge in [-0.15, -0.1) is 0 Å². The van der Waals surface area contributed by atoms with Gasteiger partial charge in [0.2, 0.25) is 0 Å². The molecule has 2 saturated heterocycles. The molecule has 0 bridgehead atoms. The van der Waals surface area contributed by atoms with E-state index in [1.54, 1.807) is 0 Å². The van der Waals surface area contributed by atoms with Gasteiger partial charge in [-0.3, -0.25) is 4.90 Å². The minimum atomic E-state index is -3.29. The Morgan fingerprint density at radius 1 is 1.17 bits per heavy atom. The lowest BCUT2D eigenvalue weighted by Crippen LogP contribution is -2.52. The molecule has 2 N–H and O–H groups in total. The fourth-order valence-electron chi connectivity index (χ4n) is 2.51. The molecule has 18 heavy (non-hydrogen) atoms. The monoisotopic (exact) mass is 276 g/mol. The maximum atomic E-state index is 12.1. The second-order valence-corrected chi connectivity index (χ2v) is 6.85. The Morgan fingerprint density at radius 3 is 2.39 bits per heavy atom. The van der Waals surface area contributed by atoms with Gasteiger partial charge in [-0.25, -0.2) is 4.72 Å². The van der Waals surface area contributed by atoms with Crippen molar-refractivity contribution in [3.05, 3.63) is 0 Å². The SMILES string of the molecule is CC(CNS(=O)(=O)N1CCNCC1)N1CCCC1. The maximum absolute atomic E-state index is 12.1. The Kier molecular flexibility index (Phi) is 4.97. The van der Waals surface area contributed by atoms with Crippen LogP contribution in [0.3, 0.4) is 0 Å². The Balaban J connectivity index is 1.80. The van der Waals surface area contributed by atoms with Crippen LogP contribution in [0.15, 0.2) is 0 Å². The highest BCUT2D eigenvalue weighted by Gasteiger charge is 2.25. The molecule has 0 saturated carbocycles. The molecule has 2 fully saturated rings. The number of nitrogens with zero attached hydrogens (tertiary/aromatic N) is 2. The Hall–Kier alpha value is -0.210. The highest BCUT2D eigenvalue weighted by Crippen LogP contribution is 2.11. The molecule has 106 valence electrons. The van der Waals surface area contributed by atoms with Crippen LogP contribution < -0.4 is 10.0 Å². The van der Waals surface area contributed by atoms with Crippen molar-refractivity contribution in [3.63, 3.8) is 0 Å². The van der Waals surface area contributed by atoms with Gasteiger partial charge in [-0.2, -0.15) is 12.7 Å². The number of hydrogen-bond acceptors (Lipinski definition) is 4. The summed E-state index contributed by atoms with van der Waals surface area (Å²) in [4.78, 5) is 2.35. The molecule has 2 aliphatic heterocycles. The van der Waals surface area contributed by atoms with E-state index >= 15 is 0 Å². The molecule has 2 heterocycles. The minimum Gasteiger partial charge on any atom is -0.314 e. The molecule has 0 amide bonds. The van der Waals surface area contributed by atoms with Crippen LogP contribution in [0.5, 0.6) is 0 Å². The fourth-order valence-corrected chi connectivity index (χ4v) is 3.81. The first-order valence-electron chi connectivity index (χ1n) is 6.79. The molecule has 0 spiro atoms. The number of likely N-dealkylation sites (tertiary alicyclic amines) is 1. The Morgan fingerprint density at radius 2 is 1.78 bits per heavy atom. The number of piperazine rings is 1. The lowest BCUT2D eigenvalue weighted by Gasteiger charge is -2.29. The van der Waals surface area contributed by atoms with Gasteiger partial charge in [0.15, 0.2) is 0 Å². The molecular formula is C11H24N4O2S. The summed E-state index contributed by atoms with van der Waals surface area (Å²) in [7, 11) is -3.29. The molecule has 0 aliphatic carbocycles. The molecule has 0 aromatic carbocycles. The van der Waals surface area contributed by atoms with Crippen LogP contribution in [0.4, 0.5) is 0 Å². The van der Waals surface area contributed by atoms with E-state index in [2.05, 4.69) is 21.9 Å². The van der Waals surface area contributed by atoms with E-state index in [9.17, 15) is 8.42 Å². The van der Waals surface area contributed by atoms with Crippen molar-refractivity contribution in [1.82, 2.24) is 19.2 Å². The molecule has 0 radical (unpaired) electrons. The predicted octanol–water partition coefficient (Wildman–Crippen LogP) is -0.790. The molecule has 2 rings (SSSR count). The number of rotatable bonds is 5. The van der Waals surface area contributed by atoms with E-state index in [0.29, 0.717) is 19.6 Å². The third kappa shape index (κ3) is 3.64. The van der Waals surface area contributed by atoms with Crippen LogP contribution in [0.25, 0.3) is 0 Å². The van der Waals surface area contributed by atoms with Crippen LogP contribution in [0, 0.1) is 0 Å². The van der Waals surface area contributed by atoms with Crippen molar-refractivity contribution in [1.29, 1.82) is 0 Å². The van der Waals surface area contributed by atoms with Crippen molar-refractivity contribution < 1.29 is 8.42 Å². The van der Waals surface area contributed by atoms with Crippen LogP contribution >= 0.6 is 0 Å². The molecule has 1 unspecified atom stereocenters. The van der Waals surface area contributed by atoms with Crippen LogP contribution in [0.1, 0.15) is 19.8 Å². The Labute approximate surface area is 110 Å². The fraction of sp³-hybridized carbons (Fsp3) is 1.00. The zero-order valence-electron chi connectivity index (χ0n) is 11.1. The molecular weight excluding hydrogens is 252 g/mol. The van der Waals surface area contributed by atoms with Crippen LogP contribution in [-0.2, 0) is 10.2 Å². The first-order chi connectivity index (χ1) is 8.59. The average Bonchev–Trinajstić information content (AvgIpc) is 2.91. The van der Waals surface area contributed by atoms with E-state index in [1.165, 1.54) is 17.1 Å². The Bertz CT molecular complexity index is 348. The minimum absolute atomic E-state index is 0.283. The summed E-state index contributed by atoms with van der Waals surface area (Å²) in [5.74, 6) is 0. The van der Waals surface area contributed by atoms with Crippen molar-refractivity contribution in [2.45, 2.75) is 25.8 Å². The molecule has 0 aromatic rings. The predicted molar refractivity (Wildman–Crippen MR) is 71.6 cm³/mol. The topological polar surface area (TPSA) is 64.7 Å². The van der Waals surface area contributed by atoms with Gasteiger partial charge in [0.1, 0.15) is 0 Å². The van der Waals surface area contributed by atoms with Crippen molar-refractivity contribution in [2.75, 3.05) is 45.8 Å². The smallest absolute Gasteiger partial charge is 0.279 e. The summed E-state index contributed by atoms with van der Waals surface area (Å²) in [5.41, 5.74) is 0. The van der Waals surface area contributed by atoms with Gasteiger partial charge in [-0.05, 0) is 32.9 Å². The van der Waals surface area contributed by atoms with Crippen molar-refractivity contribution in [3.8, 4) is 0 Å². The summed E-state index contributed by atoms with van der Waals surface area (Å²) in [5, 5.41) is 3.15. The number of hydrogen-bond donors (Lipinski definition) is 2. The first-order valence-corrected chi connectivity index (χ1v) is 8.23. The van der Waals surface area contributed by atoms with E-state index in [-0.39, 0.29) is 6.04 Å². The molecule has 7 heteroatoms. The standard InChI is InChI=1S/C11H24N4O2S/c1-11(14-6-2-3-7-14)10-13-18(16,17)15-8-4-12-5-9-15/h11-13H,2-10H2,1H3. The second-order valence-electron chi connectivity index (χ2n) is 5.09. The molecule has 6 nitrogen and oxygen atoms in total. The molecule has 0 aromatic heterocycles. The van der Waals surface area contributed by atoms with Gasteiger partial charge in [0.25, 0.3) is 10.2 Å². The maximum Gasteiger partial charge on any atom is 0.279 e. The second kappa shape index (κ2) is 6.29. The average molecular weight is 276 g/mol. The lowest BCUT2D eigenvalue weighted by molar-refractivity contribution is 0.257. The number of nitrogens with one attached hydrogen (secondary N) is 2. The third-order valence-corrected chi connectivity index (χ3v) is 5.32. The highest BCUT2D eigenvalue weighted by atomic mass is 32.2. The van der Waals surface area contributed by atoms with Gasteiger partial charge in [0, 0.05) is 38.8 Å². The summed E-state index contributed by atoms with van der Waals surface area (Å²) in [6, 6.07) is 0.283. The summed E-state index contributed by atoms with van der Waals surface area (Å²) >= 11 is 0. The van der Waals surface area contributed by atoms with Gasteiger partial charge < -0.3 is 5.32 Å². The van der Waals surface area contributed by atoms with Gasteiger partial charge in [0.05, 0.1) is 0 Å². The van der Waals surface area contributed by atoms with Crippen molar-refractivity contribution in [2.24, 2.45) is 0 Å². The summed E-state index contributed by atoms with van der Waals surface area (Å²) < 4.78 is 28.4. The van der Waals surface area contributed by atoms with Crippen LogP contribution in [0.2, 0.25) is 0 Å². The zero-order chi connectivity index (χ0) is 13.0. The van der Waals surface area contributed by atoms with E-state index < -0.39 is 10.2 Å². The van der Waals surface area contributed by atoms with Crippen molar-refractivity contribution >= 4 is 10.2 Å². The molecule has 2 aliphatic rings. The summed E-state index contributed by atoms with van der Waals surface area (Å²) in [6.45, 7) is 7.39. The van der Waals surface area contributed by atoms with Gasteiger partial charge in [-0.1, -0.05) is 0 Å². The summed E-state index contributed by atoms with van der Waals surface area (Å²) in [6.07, 6.45) is 2.46. The molecule has 1 atom stereocenters.